The van der Waals surface area contributed by atoms with Crippen LogP contribution in [0.25, 0.3) is 11.1 Å². The van der Waals surface area contributed by atoms with Gasteiger partial charge in [0.05, 0.1) is 6.10 Å². The molecule has 1 unspecified atom stereocenters. The highest BCUT2D eigenvalue weighted by Crippen LogP contribution is 2.31. The fourth-order valence-corrected chi connectivity index (χ4v) is 3.64. The Balaban J connectivity index is 1.48. The zero-order valence-electron chi connectivity index (χ0n) is 14.9. The van der Waals surface area contributed by atoms with Gasteiger partial charge in [0.1, 0.15) is 0 Å². The number of rotatable bonds is 6. The van der Waals surface area contributed by atoms with Crippen molar-refractivity contribution in [3.8, 4) is 11.1 Å². The smallest absolute Gasteiger partial charge is 0.253 e. The topological polar surface area (TPSA) is 29.5 Å². The van der Waals surface area contributed by atoms with E-state index in [0.29, 0.717) is 12.5 Å². The zero-order chi connectivity index (χ0) is 17.9. The molecule has 0 N–H and O–H groups in total. The lowest BCUT2D eigenvalue weighted by molar-refractivity contribution is 0.0515. The zero-order valence-corrected chi connectivity index (χ0v) is 15.6. The van der Waals surface area contributed by atoms with Crippen molar-refractivity contribution in [3.63, 3.8) is 0 Å². The summed E-state index contributed by atoms with van der Waals surface area (Å²) in [5.41, 5.74) is 2.94. The van der Waals surface area contributed by atoms with Crippen LogP contribution in [0.4, 0.5) is 0 Å². The summed E-state index contributed by atoms with van der Waals surface area (Å²) < 4.78 is 5.75. The molecule has 26 heavy (non-hydrogen) atoms. The van der Waals surface area contributed by atoms with E-state index in [2.05, 4.69) is 0 Å². The molecule has 2 aromatic carbocycles. The molecule has 2 aromatic rings. The van der Waals surface area contributed by atoms with E-state index in [1.54, 1.807) is 0 Å². The molecule has 1 saturated heterocycles. The van der Waals surface area contributed by atoms with Crippen molar-refractivity contribution < 1.29 is 9.53 Å². The number of carbonyl (C=O) groups is 1. The predicted octanol–water partition coefficient (Wildman–Crippen LogP) is 5.04. The Morgan fingerprint density at radius 1 is 0.962 bits per heavy atom. The Bertz CT molecular complexity index is 747. The van der Waals surface area contributed by atoms with Gasteiger partial charge < -0.3 is 9.64 Å². The van der Waals surface area contributed by atoms with Crippen LogP contribution in [0.1, 0.15) is 36.0 Å². The third-order valence-electron chi connectivity index (χ3n) is 5.22. The number of halogens is 1. The highest BCUT2D eigenvalue weighted by Gasteiger charge is 2.30. The highest BCUT2D eigenvalue weighted by molar-refractivity contribution is 6.30. The number of amides is 1. The summed E-state index contributed by atoms with van der Waals surface area (Å²) >= 11 is 5.96. The minimum absolute atomic E-state index is 0.120. The average molecular weight is 370 g/mol. The maximum Gasteiger partial charge on any atom is 0.253 e. The van der Waals surface area contributed by atoms with Crippen LogP contribution in [0.2, 0.25) is 5.02 Å². The van der Waals surface area contributed by atoms with E-state index < -0.39 is 0 Å². The normalized spacial score (nSPS) is 19.5. The first-order chi connectivity index (χ1) is 12.7. The maximum atomic E-state index is 13.0. The van der Waals surface area contributed by atoms with E-state index in [4.69, 9.17) is 16.3 Å². The fraction of sp³-hybridized carbons (Fsp3) is 0.409. The van der Waals surface area contributed by atoms with Crippen molar-refractivity contribution in [1.29, 1.82) is 0 Å². The molecule has 0 bridgehead atoms. The fourth-order valence-electron chi connectivity index (χ4n) is 3.52. The minimum atomic E-state index is 0.120. The molecule has 136 valence electrons. The molecular formula is C22H24ClNO2. The van der Waals surface area contributed by atoms with Gasteiger partial charge in [-0.3, -0.25) is 4.79 Å². The van der Waals surface area contributed by atoms with Gasteiger partial charge in [-0.05, 0) is 67.0 Å². The van der Waals surface area contributed by atoms with Crippen molar-refractivity contribution in [2.45, 2.75) is 31.8 Å². The largest absolute Gasteiger partial charge is 0.376 e. The molecule has 1 saturated carbocycles. The van der Waals surface area contributed by atoms with Crippen LogP contribution in [-0.2, 0) is 4.74 Å². The van der Waals surface area contributed by atoms with E-state index in [9.17, 15) is 4.79 Å². The van der Waals surface area contributed by atoms with Crippen molar-refractivity contribution in [2.75, 3.05) is 19.7 Å². The monoisotopic (exact) mass is 369 g/mol. The third-order valence-corrected chi connectivity index (χ3v) is 5.47. The van der Waals surface area contributed by atoms with Crippen molar-refractivity contribution in [3.05, 3.63) is 59.1 Å². The Labute approximate surface area is 159 Å². The van der Waals surface area contributed by atoms with Crippen molar-refractivity contribution in [2.24, 2.45) is 5.92 Å². The van der Waals surface area contributed by atoms with E-state index in [-0.39, 0.29) is 12.0 Å². The number of benzene rings is 2. The lowest BCUT2D eigenvalue weighted by Crippen LogP contribution is -2.38. The summed E-state index contributed by atoms with van der Waals surface area (Å²) in [6.45, 7) is 2.40. The molecule has 1 aliphatic heterocycles. The molecule has 2 fully saturated rings. The van der Waals surface area contributed by atoms with Gasteiger partial charge in [-0.15, -0.1) is 0 Å². The second-order valence-corrected chi connectivity index (χ2v) is 7.81. The molecule has 4 heteroatoms. The quantitative estimate of drug-likeness (QED) is 0.714. The van der Waals surface area contributed by atoms with Gasteiger partial charge in [0.15, 0.2) is 0 Å². The first kappa shape index (κ1) is 17.6. The second-order valence-electron chi connectivity index (χ2n) is 7.37. The summed E-state index contributed by atoms with van der Waals surface area (Å²) in [4.78, 5) is 15.0. The van der Waals surface area contributed by atoms with Gasteiger partial charge in [-0.2, -0.15) is 0 Å². The van der Waals surface area contributed by atoms with Gasteiger partial charge >= 0.3 is 0 Å². The molecule has 0 aromatic heterocycles. The van der Waals surface area contributed by atoms with Crippen LogP contribution in [-0.4, -0.2) is 36.6 Å². The minimum Gasteiger partial charge on any atom is -0.376 e. The number of hydrogen-bond donors (Lipinski definition) is 0. The summed E-state index contributed by atoms with van der Waals surface area (Å²) in [6.07, 6.45) is 4.84. The van der Waals surface area contributed by atoms with Crippen LogP contribution >= 0.6 is 11.6 Å². The number of ether oxygens (including phenoxy) is 1. The molecule has 0 radical (unpaired) electrons. The average Bonchev–Trinajstić information content (AvgIpc) is 3.34. The van der Waals surface area contributed by atoms with Gasteiger partial charge in [-0.25, -0.2) is 0 Å². The maximum absolute atomic E-state index is 13.0. The lowest BCUT2D eigenvalue weighted by atomic mass is 10.0. The molecule has 0 spiro atoms. The summed E-state index contributed by atoms with van der Waals surface area (Å²) in [6, 6.07) is 15.6. The van der Waals surface area contributed by atoms with Crippen LogP contribution in [0, 0.1) is 5.92 Å². The SMILES string of the molecule is O=C(c1ccc(-c2ccc(Cl)cc2)cc1)N(CC1CC1)CC1CCCO1. The van der Waals surface area contributed by atoms with E-state index in [0.717, 1.165) is 47.7 Å². The van der Waals surface area contributed by atoms with Gasteiger partial charge in [-0.1, -0.05) is 35.9 Å². The Morgan fingerprint density at radius 2 is 1.62 bits per heavy atom. The summed E-state index contributed by atoms with van der Waals surface area (Å²) in [7, 11) is 0. The highest BCUT2D eigenvalue weighted by atomic mass is 35.5. The van der Waals surface area contributed by atoms with Crippen LogP contribution in [0.15, 0.2) is 48.5 Å². The molecule has 1 heterocycles. The molecule has 4 rings (SSSR count). The van der Waals surface area contributed by atoms with Crippen LogP contribution in [0.5, 0.6) is 0 Å². The molecular weight excluding hydrogens is 346 g/mol. The molecule has 3 nitrogen and oxygen atoms in total. The summed E-state index contributed by atoms with van der Waals surface area (Å²) in [5.74, 6) is 0.795. The van der Waals surface area contributed by atoms with E-state index in [1.807, 2.05) is 53.4 Å². The van der Waals surface area contributed by atoms with Crippen LogP contribution in [0.3, 0.4) is 0 Å². The lowest BCUT2D eigenvalue weighted by Gasteiger charge is -2.25. The molecule has 1 atom stereocenters. The third kappa shape index (κ3) is 4.28. The predicted molar refractivity (Wildman–Crippen MR) is 104 cm³/mol. The van der Waals surface area contributed by atoms with Crippen LogP contribution < -0.4 is 0 Å². The molecule has 1 amide bonds. The van der Waals surface area contributed by atoms with Gasteiger partial charge in [0, 0.05) is 30.3 Å². The second kappa shape index (κ2) is 7.81. The Morgan fingerprint density at radius 3 is 2.19 bits per heavy atom. The van der Waals surface area contributed by atoms with Crippen molar-refractivity contribution >= 4 is 17.5 Å². The Kier molecular flexibility index (Phi) is 5.28. The first-order valence-corrected chi connectivity index (χ1v) is 9.84. The van der Waals surface area contributed by atoms with E-state index >= 15 is 0 Å². The number of nitrogens with zero attached hydrogens (tertiary/aromatic N) is 1. The number of hydrogen-bond acceptors (Lipinski definition) is 2. The summed E-state index contributed by atoms with van der Waals surface area (Å²) in [5, 5.41) is 0.727. The first-order valence-electron chi connectivity index (χ1n) is 9.46. The van der Waals surface area contributed by atoms with Gasteiger partial charge in [0.2, 0.25) is 0 Å². The molecule has 1 aliphatic carbocycles. The van der Waals surface area contributed by atoms with Gasteiger partial charge in [0.25, 0.3) is 5.91 Å². The van der Waals surface area contributed by atoms with E-state index in [1.165, 1.54) is 12.8 Å². The Hall–Kier alpha value is -1.84. The number of carbonyl (C=O) groups excluding carboxylic acids is 1. The standard InChI is InChI=1S/C22H24ClNO2/c23-20-11-9-18(10-12-20)17-5-7-19(8-6-17)22(25)24(14-16-3-4-16)15-21-2-1-13-26-21/h5-12,16,21H,1-4,13-15H2. The molecule has 2 aliphatic rings. The van der Waals surface area contributed by atoms with Crippen molar-refractivity contribution in [1.82, 2.24) is 4.90 Å².